The highest BCUT2D eigenvalue weighted by Crippen LogP contribution is 2.39. The van der Waals surface area contributed by atoms with Gasteiger partial charge in [-0.05, 0) is 49.6 Å². The van der Waals surface area contributed by atoms with E-state index >= 15 is 0 Å². The Bertz CT molecular complexity index is 1720. The van der Waals surface area contributed by atoms with Crippen LogP contribution in [0.2, 0.25) is 0 Å². The van der Waals surface area contributed by atoms with Gasteiger partial charge in [0.15, 0.2) is 0 Å². The van der Waals surface area contributed by atoms with Crippen molar-refractivity contribution in [1.82, 2.24) is 19.2 Å². The van der Waals surface area contributed by atoms with Gasteiger partial charge in [-0.25, -0.2) is 0 Å². The molecule has 0 aliphatic carbocycles. The van der Waals surface area contributed by atoms with Crippen molar-refractivity contribution in [2.24, 2.45) is 7.05 Å². The van der Waals surface area contributed by atoms with Gasteiger partial charge in [0.25, 0.3) is 0 Å². The van der Waals surface area contributed by atoms with Crippen molar-refractivity contribution in [2.75, 3.05) is 39.5 Å². The van der Waals surface area contributed by atoms with Crippen molar-refractivity contribution < 1.29 is 14.2 Å². The second-order valence-corrected chi connectivity index (χ2v) is 11.9. The van der Waals surface area contributed by atoms with Crippen LogP contribution in [0.1, 0.15) is 41.9 Å². The maximum atomic E-state index is 6.34. The summed E-state index contributed by atoms with van der Waals surface area (Å²) in [5, 5.41) is 8.83. The molecular weight excluding hydrogens is 536 g/mol. The number of aromatic nitrogens is 3. The van der Waals surface area contributed by atoms with Crippen LogP contribution in [0.5, 0.6) is 5.75 Å². The molecule has 1 fully saturated rings. The fraction of sp³-hybridized carbons (Fsp3) is 0.417. The zero-order valence-corrected chi connectivity index (χ0v) is 25.5. The number of hydrogen-bond acceptors (Lipinski definition) is 5. The number of para-hydroxylation sites is 1. The first-order valence-electron chi connectivity index (χ1n) is 15.8. The molecule has 2 aromatic heterocycles. The van der Waals surface area contributed by atoms with Crippen molar-refractivity contribution in [3.63, 3.8) is 0 Å². The van der Waals surface area contributed by atoms with Crippen molar-refractivity contribution in [1.29, 1.82) is 0 Å². The molecular formula is C36H42N4O3. The zero-order chi connectivity index (χ0) is 29.2. The average Bonchev–Trinajstić information content (AvgIpc) is 3.47. The number of rotatable bonds is 7. The molecule has 7 rings (SSSR count). The lowest BCUT2D eigenvalue weighted by Gasteiger charge is -2.26. The highest BCUT2D eigenvalue weighted by molar-refractivity contribution is 5.98. The molecule has 0 bridgehead atoms. The minimum absolute atomic E-state index is 0.580. The Hall–Kier alpha value is -3.65. The standard InChI is InChI=1S/C36H42N4O3/c1-26-28(15-9-21-43-34-16-7-11-27-10-3-4-12-29(27)34)30-13-8-14-31-35-32(24-39-18-22-41-23-19-39)37-38(2)33(35)25-42-20-6-5-17-40(26)36(30)31/h3-4,7-8,10-14,16H,5-6,9,15,17-25H2,1-2H3. The highest BCUT2D eigenvalue weighted by Gasteiger charge is 2.26. The summed E-state index contributed by atoms with van der Waals surface area (Å²) in [6.07, 6.45) is 4.08. The molecule has 0 unspecified atom stereocenters. The Morgan fingerprint density at radius 1 is 0.860 bits per heavy atom. The summed E-state index contributed by atoms with van der Waals surface area (Å²) in [4.78, 5) is 2.46. The van der Waals surface area contributed by atoms with Gasteiger partial charge in [0.05, 0.1) is 43.3 Å². The monoisotopic (exact) mass is 578 g/mol. The van der Waals surface area contributed by atoms with Crippen LogP contribution in [0.25, 0.3) is 32.8 Å². The summed E-state index contributed by atoms with van der Waals surface area (Å²) in [5.41, 5.74) is 8.95. The van der Waals surface area contributed by atoms with E-state index in [1.54, 1.807) is 0 Å². The smallest absolute Gasteiger partial charge is 0.127 e. The SMILES string of the molecule is Cc1c(CCCOc2cccc3ccccc23)c2cccc3c2n1CCCCOCc1c-3c(CN2CCOCC2)nn1C. The first kappa shape index (κ1) is 28.1. The molecule has 1 saturated heterocycles. The number of nitrogens with zero attached hydrogens (tertiary/aromatic N) is 4. The summed E-state index contributed by atoms with van der Waals surface area (Å²) in [7, 11) is 2.07. The number of aryl methyl sites for hydroxylation is 3. The minimum Gasteiger partial charge on any atom is -0.493 e. The summed E-state index contributed by atoms with van der Waals surface area (Å²) in [5.74, 6) is 0.966. The van der Waals surface area contributed by atoms with Gasteiger partial charge < -0.3 is 18.8 Å². The van der Waals surface area contributed by atoms with Gasteiger partial charge in [-0.15, -0.1) is 0 Å². The molecule has 0 amide bonds. The van der Waals surface area contributed by atoms with E-state index in [2.05, 4.69) is 84.1 Å². The second-order valence-electron chi connectivity index (χ2n) is 11.9. The van der Waals surface area contributed by atoms with Gasteiger partial charge in [-0.2, -0.15) is 5.10 Å². The molecule has 0 spiro atoms. The number of hydrogen-bond donors (Lipinski definition) is 0. The summed E-state index contributed by atoms with van der Waals surface area (Å²) < 4.78 is 22.8. The van der Waals surface area contributed by atoms with Crippen molar-refractivity contribution >= 4 is 21.7 Å². The normalized spacial score (nSPS) is 16.3. The van der Waals surface area contributed by atoms with Gasteiger partial charge in [-0.3, -0.25) is 9.58 Å². The molecule has 2 aliphatic heterocycles. The van der Waals surface area contributed by atoms with E-state index in [1.807, 2.05) is 4.68 Å². The lowest BCUT2D eigenvalue weighted by Crippen LogP contribution is -2.35. The Morgan fingerprint density at radius 2 is 1.67 bits per heavy atom. The molecule has 0 N–H and O–H groups in total. The minimum atomic E-state index is 0.580. The summed E-state index contributed by atoms with van der Waals surface area (Å²) >= 11 is 0. The van der Waals surface area contributed by atoms with Crippen LogP contribution in [0.3, 0.4) is 0 Å². The quantitative estimate of drug-likeness (QED) is 0.202. The fourth-order valence-corrected chi connectivity index (χ4v) is 6.97. The Morgan fingerprint density at radius 3 is 2.58 bits per heavy atom. The fourth-order valence-electron chi connectivity index (χ4n) is 6.97. The third-order valence-electron chi connectivity index (χ3n) is 9.20. The first-order valence-corrected chi connectivity index (χ1v) is 15.8. The van der Waals surface area contributed by atoms with Crippen LogP contribution in [-0.4, -0.2) is 58.8 Å². The molecule has 43 heavy (non-hydrogen) atoms. The molecule has 2 aliphatic rings. The van der Waals surface area contributed by atoms with Gasteiger partial charge >= 0.3 is 0 Å². The Kier molecular flexibility index (Phi) is 8.20. The number of ether oxygens (including phenoxy) is 3. The maximum absolute atomic E-state index is 6.34. The van der Waals surface area contributed by atoms with Crippen molar-refractivity contribution in [3.8, 4) is 16.9 Å². The molecule has 224 valence electrons. The van der Waals surface area contributed by atoms with Gasteiger partial charge in [0.1, 0.15) is 5.75 Å². The van der Waals surface area contributed by atoms with Gasteiger partial charge in [-0.1, -0.05) is 54.6 Å². The predicted octanol–water partition coefficient (Wildman–Crippen LogP) is 6.66. The molecule has 4 heterocycles. The first-order chi connectivity index (χ1) is 21.2. The summed E-state index contributed by atoms with van der Waals surface area (Å²) in [6, 6.07) is 21.6. The third kappa shape index (κ3) is 5.57. The molecule has 7 heteroatoms. The van der Waals surface area contributed by atoms with Gasteiger partial charge in [0.2, 0.25) is 0 Å². The van der Waals surface area contributed by atoms with E-state index < -0.39 is 0 Å². The van der Waals surface area contributed by atoms with Crippen LogP contribution < -0.4 is 4.74 Å². The van der Waals surface area contributed by atoms with E-state index in [4.69, 9.17) is 19.3 Å². The lowest BCUT2D eigenvalue weighted by molar-refractivity contribution is 0.0336. The molecule has 7 nitrogen and oxygen atoms in total. The van der Waals surface area contributed by atoms with E-state index in [9.17, 15) is 0 Å². The number of fused-ring (bicyclic) bond motifs is 3. The van der Waals surface area contributed by atoms with E-state index in [0.29, 0.717) is 13.2 Å². The topological polar surface area (TPSA) is 53.7 Å². The van der Waals surface area contributed by atoms with E-state index in [-0.39, 0.29) is 0 Å². The van der Waals surface area contributed by atoms with Crippen LogP contribution in [-0.2, 0) is 42.6 Å². The summed E-state index contributed by atoms with van der Waals surface area (Å²) in [6.45, 7) is 9.58. The van der Waals surface area contributed by atoms with Crippen molar-refractivity contribution in [2.45, 2.75) is 52.3 Å². The second kappa shape index (κ2) is 12.5. The molecule has 0 radical (unpaired) electrons. The van der Waals surface area contributed by atoms with E-state index in [0.717, 1.165) is 88.8 Å². The maximum Gasteiger partial charge on any atom is 0.127 e. The number of morpholine rings is 1. The van der Waals surface area contributed by atoms with Gasteiger partial charge in [0, 0.05) is 67.4 Å². The predicted molar refractivity (Wildman–Crippen MR) is 172 cm³/mol. The molecule has 0 atom stereocenters. The van der Waals surface area contributed by atoms with Crippen LogP contribution in [0, 0.1) is 6.92 Å². The van der Waals surface area contributed by atoms with Crippen LogP contribution >= 0.6 is 0 Å². The third-order valence-corrected chi connectivity index (χ3v) is 9.20. The van der Waals surface area contributed by atoms with Crippen LogP contribution in [0.15, 0.2) is 60.7 Å². The largest absolute Gasteiger partial charge is 0.493 e. The number of benzene rings is 3. The highest BCUT2D eigenvalue weighted by atomic mass is 16.5. The molecule has 5 aromatic rings. The Labute approximate surface area is 253 Å². The van der Waals surface area contributed by atoms with Crippen molar-refractivity contribution in [3.05, 3.63) is 83.3 Å². The van der Waals surface area contributed by atoms with Crippen LogP contribution in [0.4, 0.5) is 0 Å². The molecule has 3 aromatic carbocycles. The average molecular weight is 579 g/mol. The zero-order valence-electron chi connectivity index (χ0n) is 25.5. The molecule has 0 saturated carbocycles. The lowest BCUT2D eigenvalue weighted by atomic mass is 9.98. The van der Waals surface area contributed by atoms with E-state index in [1.165, 1.54) is 44.1 Å². The Balaban J connectivity index is 1.23.